The van der Waals surface area contributed by atoms with Crippen molar-refractivity contribution in [2.24, 2.45) is 11.7 Å². The van der Waals surface area contributed by atoms with Crippen LogP contribution in [0.2, 0.25) is 0 Å². The molecule has 1 aliphatic carbocycles. The lowest BCUT2D eigenvalue weighted by atomic mass is 9.82. The van der Waals surface area contributed by atoms with E-state index in [1.165, 1.54) is 25.7 Å². The molecule has 0 aromatic carbocycles. The van der Waals surface area contributed by atoms with Crippen LogP contribution < -0.4 is 11.5 Å². The molecule has 1 fully saturated rings. The van der Waals surface area contributed by atoms with Gasteiger partial charge in [0.05, 0.1) is 12.2 Å². The number of anilines is 1. The van der Waals surface area contributed by atoms with Gasteiger partial charge in [0.25, 0.3) is 0 Å². The highest BCUT2D eigenvalue weighted by molar-refractivity contribution is 5.20. The number of rotatable bonds is 3. The van der Waals surface area contributed by atoms with E-state index in [2.05, 4.69) is 10.3 Å². The molecule has 1 aliphatic rings. The summed E-state index contributed by atoms with van der Waals surface area (Å²) in [6, 6.07) is 0.451. The van der Waals surface area contributed by atoms with Crippen LogP contribution in [-0.4, -0.2) is 21.5 Å². The topological polar surface area (TPSA) is 82.8 Å². The molecule has 5 heteroatoms. The van der Waals surface area contributed by atoms with Crippen molar-refractivity contribution in [3.05, 3.63) is 6.20 Å². The molecule has 0 saturated heterocycles. The summed E-state index contributed by atoms with van der Waals surface area (Å²) < 4.78 is 1.93. The number of nitrogens with two attached hydrogens (primary N) is 2. The molecule has 4 N–H and O–H groups in total. The average molecular weight is 209 g/mol. The third-order valence-electron chi connectivity index (χ3n) is 3.27. The fourth-order valence-electron chi connectivity index (χ4n) is 2.54. The number of nitrogens with zero attached hydrogens (tertiary/aromatic N) is 3. The predicted molar refractivity (Wildman–Crippen MR) is 59.1 cm³/mol. The average Bonchev–Trinajstić information content (AvgIpc) is 2.66. The first-order valence-corrected chi connectivity index (χ1v) is 5.68. The van der Waals surface area contributed by atoms with Gasteiger partial charge in [-0.1, -0.05) is 18.1 Å². The third kappa shape index (κ3) is 2.28. The Morgan fingerprint density at radius 2 is 2.20 bits per heavy atom. The molecule has 0 aliphatic heterocycles. The van der Waals surface area contributed by atoms with Gasteiger partial charge < -0.3 is 11.5 Å². The molecule has 0 spiro atoms. The van der Waals surface area contributed by atoms with E-state index in [1.54, 1.807) is 0 Å². The van der Waals surface area contributed by atoms with Crippen LogP contribution in [0.25, 0.3) is 0 Å². The van der Waals surface area contributed by atoms with Gasteiger partial charge in [0.2, 0.25) is 0 Å². The van der Waals surface area contributed by atoms with Crippen molar-refractivity contribution >= 4 is 5.82 Å². The van der Waals surface area contributed by atoms with Gasteiger partial charge in [0.15, 0.2) is 5.82 Å². The van der Waals surface area contributed by atoms with E-state index < -0.39 is 0 Å². The van der Waals surface area contributed by atoms with Gasteiger partial charge in [0.1, 0.15) is 0 Å². The van der Waals surface area contributed by atoms with Crippen molar-refractivity contribution in [2.75, 3.05) is 12.3 Å². The lowest BCUT2D eigenvalue weighted by molar-refractivity contribution is 0.211. The van der Waals surface area contributed by atoms with Crippen molar-refractivity contribution in [1.82, 2.24) is 15.0 Å². The second kappa shape index (κ2) is 4.61. The minimum absolute atomic E-state index is 0.451. The zero-order chi connectivity index (χ0) is 10.7. The SMILES string of the molecule is NCCC1CCCCC1n1cc(N)nn1. The van der Waals surface area contributed by atoms with E-state index in [0.29, 0.717) is 17.8 Å². The molecule has 2 unspecified atom stereocenters. The molecule has 0 bridgehead atoms. The fraction of sp³-hybridized carbons (Fsp3) is 0.800. The van der Waals surface area contributed by atoms with E-state index in [4.69, 9.17) is 11.5 Å². The molecule has 1 heterocycles. The van der Waals surface area contributed by atoms with E-state index in [9.17, 15) is 0 Å². The summed E-state index contributed by atoms with van der Waals surface area (Å²) in [5, 5.41) is 7.92. The molecule has 1 aromatic heterocycles. The molecule has 2 rings (SSSR count). The van der Waals surface area contributed by atoms with Crippen LogP contribution in [0.4, 0.5) is 5.82 Å². The van der Waals surface area contributed by atoms with Crippen LogP contribution >= 0.6 is 0 Å². The monoisotopic (exact) mass is 209 g/mol. The molecule has 0 radical (unpaired) electrons. The first-order valence-electron chi connectivity index (χ1n) is 5.68. The zero-order valence-electron chi connectivity index (χ0n) is 8.97. The van der Waals surface area contributed by atoms with Crippen LogP contribution in [0.1, 0.15) is 38.1 Å². The quantitative estimate of drug-likeness (QED) is 0.776. The van der Waals surface area contributed by atoms with Crippen molar-refractivity contribution in [3.63, 3.8) is 0 Å². The largest absolute Gasteiger partial charge is 0.381 e. The Morgan fingerprint density at radius 1 is 1.40 bits per heavy atom. The number of aromatic nitrogens is 3. The molecule has 0 amide bonds. The van der Waals surface area contributed by atoms with Gasteiger partial charge in [-0.3, -0.25) is 0 Å². The van der Waals surface area contributed by atoms with Crippen LogP contribution in [0.5, 0.6) is 0 Å². The number of hydrogen-bond acceptors (Lipinski definition) is 4. The molecule has 15 heavy (non-hydrogen) atoms. The summed E-state index contributed by atoms with van der Waals surface area (Å²) >= 11 is 0. The van der Waals surface area contributed by atoms with Crippen LogP contribution in [0.3, 0.4) is 0 Å². The lowest BCUT2D eigenvalue weighted by Crippen LogP contribution is -2.25. The van der Waals surface area contributed by atoms with Crippen molar-refractivity contribution in [1.29, 1.82) is 0 Å². The Bertz CT molecular complexity index is 307. The fourth-order valence-corrected chi connectivity index (χ4v) is 2.54. The first-order chi connectivity index (χ1) is 7.31. The van der Waals surface area contributed by atoms with Crippen molar-refractivity contribution < 1.29 is 0 Å². The number of nitrogen functional groups attached to an aromatic ring is 1. The zero-order valence-corrected chi connectivity index (χ0v) is 8.97. The van der Waals surface area contributed by atoms with E-state index in [-0.39, 0.29) is 0 Å². The van der Waals surface area contributed by atoms with Crippen LogP contribution in [0.15, 0.2) is 6.20 Å². The third-order valence-corrected chi connectivity index (χ3v) is 3.27. The Hall–Kier alpha value is -1.10. The molecule has 84 valence electrons. The maximum absolute atomic E-state index is 5.63. The highest BCUT2D eigenvalue weighted by Gasteiger charge is 2.26. The predicted octanol–water partition coefficient (Wildman–Crippen LogP) is 0.940. The Balaban J connectivity index is 2.10. The normalized spacial score (nSPS) is 26.7. The lowest BCUT2D eigenvalue weighted by Gasteiger charge is -2.30. The van der Waals surface area contributed by atoms with Gasteiger partial charge in [-0.25, -0.2) is 4.68 Å². The van der Waals surface area contributed by atoms with Crippen LogP contribution in [0, 0.1) is 5.92 Å². The molecule has 1 aromatic rings. The second-order valence-corrected chi connectivity index (χ2v) is 4.31. The van der Waals surface area contributed by atoms with Crippen molar-refractivity contribution in [3.8, 4) is 0 Å². The maximum atomic E-state index is 5.63. The summed E-state index contributed by atoms with van der Waals surface area (Å²) in [6.45, 7) is 0.755. The van der Waals surface area contributed by atoms with Crippen LogP contribution in [-0.2, 0) is 0 Å². The Labute approximate surface area is 89.8 Å². The van der Waals surface area contributed by atoms with E-state index in [0.717, 1.165) is 13.0 Å². The Morgan fingerprint density at radius 3 is 2.87 bits per heavy atom. The van der Waals surface area contributed by atoms with Crippen molar-refractivity contribution in [2.45, 2.75) is 38.1 Å². The highest BCUT2D eigenvalue weighted by Crippen LogP contribution is 2.35. The molecular weight excluding hydrogens is 190 g/mol. The van der Waals surface area contributed by atoms with E-state index >= 15 is 0 Å². The van der Waals surface area contributed by atoms with Gasteiger partial charge in [-0.15, -0.1) is 5.10 Å². The molecule has 5 nitrogen and oxygen atoms in total. The summed E-state index contributed by atoms with van der Waals surface area (Å²) in [6.07, 6.45) is 7.91. The van der Waals surface area contributed by atoms with Gasteiger partial charge >= 0.3 is 0 Å². The molecular formula is C10H19N5. The second-order valence-electron chi connectivity index (χ2n) is 4.31. The van der Waals surface area contributed by atoms with Gasteiger partial charge in [-0.2, -0.15) is 0 Å². The summed E-state index contributed by atoms with van der Waals surface area (Å²) in [5.41, 5.74) is 11.2. The molecule has 1 saturated carbocycles. The summed E-state index contributed by atoms with van der Waals surface area (Å²) in [7, 11) is 0. The van der Waals surface area contributed by atoms with Gasteiger partial charge in [0, 0.05) is 0 Å². The smallest absolute Gasteiger partial charge is 0.165 e. The minimum Gasteiger partial charge on any atom is -0.381 e. The van der Waals surface area contributed by atoms with E-state index in [1.807, 2.05) is 10.9 Å². The first kappa shape index (κ1) is 10.4. The Kier molecular flexibility index (Phi) is 3.20. The van der Waals surface area contributed by atoms with Gasteiger partial charge in [-0.05, 0) is 31.7 Å². The number of hydrogen-bond donors (Lipinski definition) is 2. The minimum atomic E-state index is 0.451. The highest BCUT2D eigenvalue weighted by atomic mass is 15.4. The summed E-state index contributed by atoms with van der Waals surface area (Å²) in [5.74, 6) is 1.15. The maximum Gasteiger partial charge on any atom is 0.165 e. The molecule has 2 atom stereocenters. The summed E-state index contributed by atoms with van der Waals surface area (Å²) in [4.78, 5) is 0. The standard InChI is InChI=1S/C10H19N5/c11-6-5-8-3-1-2-4-9(8)15-7-10(12)13-14-15/h7-9H,1-6,11-12H2.